The number of hydrogen-bond donors (Lipinski definition) is 1. The highest BCUT2D eigenvalue weighted by Gasteiger charge is 2.46. The van der Waals surface area contributed by atoms with Gasteiger partial charge < -0.3 is 10.0 Å². The van der Waals surface area contributed by atoms with E-state index < -0.39 is 65.5 Å². The van der Waals surface area contributed by atoms with E-state index in [9.17, 15) is 31.9 Å². The molecule has 212 valence electrons. The van der Waals surface area contributed by atoms with E-state index in [4.69, 9.17) is 28.3 Å². The number of aliphatic carboxylic acids is 1. The van der Waals surface area contributed by atoms with E-state index in [0.29, 0.717) is 30.4 Å². The number of rotatable bonds is 7. The van der Waals surface area contributed by atoms with Gasteiger partial charge in [-0.15, -0.1) is 0 Å². The molecule has 0 atom stereocenters. The quantitative estimate of drug-likeness (QED) is 0.286. The third kappa shape index (κ3) is 6.09. The summed E-state index contributed by atoms with van der Waals surface area (Å²) in [5, 5.41) is 12.4. The molecule has 0 radical (unpaired) electrons. The minimum absolute atomic E-state index is 0.0360. The molecule has 2 aliphatic carbocycles. The highest BCUT2D eigenvalue weighted by Crippen LogP contribution is 2.43. The lowest BCUT2D eigenvalue weighted by molar-refractivity contribution is -0.150. The maximum atomic E-state index is 14.3. The smallest absolute Gasteiger partial charge is 0.433 e. The fourth-order valence-corrected chi connectivity index (χ4v) is 6.00. The minimum atomic E-state index is -4.97. The molecule has 0 bridgehead atoms. The van der Waals surface area contributed by atoms with Crippen LogP contribution in [-0.2, 0) is 11.0 Å². The van der Waals surface area contributed by atoms with Gasteiger partial charge in [-0.25, -0.2) is 4.39 Å². The zero-order valence-electron chi connectivity index (χ0n) is 21.2. The molecule has 2 aliphatic rings. The van der Waals surface area contributed by atoms with Gasteiger partial charge in [0.05, 0.1) is 45.9 Å². The number of Topliss-reactive ketones (excluding diaryl/α,β-unsaturated/α-hetero) is 1. The van der Waals surface area contributed by atoms with Crippen molar-refractivity contribution in [1.29, 1.82) is 0 Å². The number of amides is 1. The van der Waals surface area contributed by atoms with Gasteiger partial charge in [0.25, 0.3) is 5.91 Å². The summed E-state index contributed by atoms with van der Waals surface area (Å²) < 4.78 is 57.2. The van der Waals surface area contributed by atoms with Crippen molar-refractivity contribution < 1.29 is 37.1 Å². The first-order chi connectivity index (χ1) is 18.1. The second-order valence-electron chi connectivity index (χ2n) is 11.0. The van der Waals surface area contributed by atoms with Crippen molar-refractivity contribution in [3.05, 3.63) is 51.0 Å². The number of hydrogen-bond acceptors (Lipinski definition) is 4. The lowest BCUT2D eigenvalue weighted by Crippen LogP contribution is -2.46. The van der Waals surface area contributed by atoms with Gasteiger partial charge in [-0.1, -0.05) is 37.0 Å². The number of alkyl halides is 3. The number of benzene rings is 1. The van der Waals surface area contributed by atoms with Gasteiger partial charge in [0, 0.05) is 6.04 Å². The molecule has 0 aliphatic heterocycles. The number of carbonyl (C=O) groups is 3. The molecule has 1 amide bonds. The van der Waals surface area contributed by atoms with Gasteiger partial charge >= 0.3 is 12.1 Å². The van der Waals surface area contributed by atoms with Crippen molar-refractivity contribution in [2.24, 2.45) is 11.3 Å². The standard InChI is InChI=1S/C26H27Cl2F4N3O4/c1-25(2)5-3-15(4-6-25)34(12-20(36)21-18(27)9-14(29)10-19(21)28)23(37)17-11-33-35(22(17)26(30,31)32)16-7-13(8-16)24(38)39/h9-11,13,15-16H,3-8,12H2,1-2H3,(H,38,39). The van der Waals surface area contributed by atoms with Crippen molar-refractivity contribution in [3.8, 4) is 0 Å². The van der Waals surface area contributed by atoms with Gasteiger partial charge in [0.1, 0.15) is 5.82 Å². The van der Waals surface area contributed by atoms with E-state index in [1.807, 2.05) is 13.8 Å². The molecule has 13 heteroatoms. The minimum Gasteiger partial charge on any atom is -0.481 e. The van der Waals surface area contributed by atoms with Crippen molar-refractivity contribution in [2.45, 2.75) is 70.6 Å². The van der Waals surface area contributed by atoms with Crippen LogP contribution in [0.5, 0.6) is 0 Å². The number of carbonyl (C=O) groups excluding carboxylic acids is 2. The maximum Gasteiger partial charge on any atom is 0.433 e. The second-order valence-corrected chi connectivity index (χ2v) is 11.8. The molecule has 1 N–H and O–H groups in total. The van der Waals surface area contributed by atoms with Crippen LogP contribution >= 0.6 is 23.2 Å². The molecule has 4 rings (SSSR count). The Labute approximate surface area is 232 Å². The second kappa shape index (κ2) is 10.7. The van der Waals surface area contributed by atoms with E-state index in [-0.39, 0.29) is 33.9 Å². The molecule has 1 aromatic heterocycles. The highest BCUT2D eigenvalue weighted by atomic mass is 35.5. The average molecular weight is 592 g/mol. The summed E-state index contributed by atoms with van der Waals surface area (Å²) >= 11 is 12.1. The lowest BCUT2D eigenvalue weighted by atomic mass is 9.75. The van der Waals surface area contributed by atoms with Crippen LogP contribution in [0.2, 0.25) is 10.0 Å². The molecule has 7 nitrogen and oxygen atoms in total. The van der Waals surface area contributed by atoms with E-state index >= 15 is 0 Å². The van der Waals surface area contributed by atoms with Crippen LogP contribution in [0.15, 0.2) is 18.3 Å². The van der Waals surface area contributed by atoms with E-state index in [1.165, 1.54) is 0 Å². The largest absolute Gasteiger partial charge is 0.481 e. The number of nitrogens with zero attached hydrogens (tertiary/aromatic N) is 3. The lowest BCUT2D eigenvalue weighted by Gasteiger charge is -2.40. The summed E-state index contributed by atoms with van der Waals surface area (Å²) in [5.41, 5.74) is -2.27. The normalized spacial score (nSPS) is 21.3. The van der Waals surface area contributed by atoms with E-state index in [2.05, 4.69) is 5.10 Å². The van der Waals surface area contributed by atoms with Gasteiger partial charge in [-0.05, 0) is 56.1 Å². The first kappa shape index (κ1) is 29.3. The fraction of sp³-hybridized carbons (Fsp3) is 0.538. The Kier molecular flexibility index (Phi) is 8.06. The highest BCUT2D eigenvalue weighted by molar-refractivity contribution is 6.40. The zero-order valence-corrected chi connectivity index (χ0v) is 22.7. The van der Waals surface area contributed by atoms with Crippen LogP contribution in [0, 0.1) is 17.2 Å². The number of ketones is 1. The summed E-state index contributed by atoms with van der Waals surface area (Å²) in [6, 6.07) is 0.416. The third-order valence-electron chi connectivity index (χ3n) is 7.71. The first-order valence-electron chi connectivity index (χ1n) is 12.5. The summed E-state index contributed by atoms with van der Waals surface area (Å²) in [6.07, 6.45) is -1.98. The molecular formula is C26H27Cl2F4N3O4. The number of carboxylic acids is 1. The number of aromatic nitrogens is 2. The SMILES string of the molecule is CC1(C)CCC(N(CC(=O)c2c(Cl)cc(F)cc2Cl)C(=O)c2cnn(C3CC(C(=O)O)C3)c2C(F)(F)F)CC1. The summed E-state index contributed by atoms with van der Waals surface area (Å²) in [4.78, 5) is 39.3. The molecule has 1 heterocycles. The third-order valence-corrected chi connectivity index (χ3v) is 8.31. The molecular weight excluding hydrogens is 565 g/mol. The number of halogens is 6. The first-order valence-corrected chi connectivity index (χ1v) is 13.2. The molecule has 0 saturated heterocycles. The Morgan fingerprint density at radius 3 is 2.21 bits per heavy atom. The maximum absolute atomic E-state index is 14.3. The number of carboxylic acid groups (broad SMARTS) is 1. The summed E-state index contributed by atoms with van der Waals surface area (Å²) in [7, 11) is 0. The van der Waals surface area contributed by atoms with E-state index in [1.54, 1.807) is 0 Å². The Hall–Kier alpha value is -2.66. The van der Waals surface area contributed by atoms with E-state index in [0.717, 1.165) is 23.2 Å². The Balaban J connectivity index is 1.70. The summed E-state index contributed by atoms with van der Waals surface area (Å²) in [6.45, 7) is 3.47. The van der Waals surface area contributed by atoms with Crippen LogP contribution in [0.3, 0.4) is 0 Å². The zero-order chi connectivity index (χ0) is 28.9. The Morgan fingerprint density at radius 1 is 1.13 bits per heavy atom. The topological polar surface area (TPSA) is 92.5 Å². The van der Waals surface area contributed by atoms with Gasteiger partial charge in [0.2, 0.25) is 0 Å². The predicted molar refractivity (Wildman–Crippen MR) is 134 cm³/mol. The van der Waals surface area contributed by atoms with Gasteiger partial charge in [0.15, 0.2) is 11.5 Å². The summed E-state index contributed by atoms with van der Waals surface area (Å²) in [5.74, 6) is -4.44. The van der Waals surface area contributed by atoms with Crippen LogP contribution in [0.25, 0.3) is 0 Å². The van der Waals surface area contributed by atoms with Crippen LogP contribution < -0.4 is 0 Å². The fourth-order valence-electron chi connectivity index (χ4n) is 5.33. The molecule has 2 aromatic rings. The van der Waals surface area contributed by atoms with Crippen molar-refractivity contribution in [2.75, 3.05) is 6.54 Å². The molecule has 2 fully saturated rings. The van der Waals surface area contributed by atoms with Crippen LogP contribution in [0.4, 0.5) is 17.6 Å². The molecule has 0 spiro atoms. The molecule has 1 aromatic carbocycles. The molecule has 2 saturated carbocycles. The van der Waals surface area contributed by atoms with Crippen molar-refractivity contribution in [1.82, 2.24) is 14.7 Å². The van der Waals surface area contributed by atoms with Crippen LogP contribution in [-0.4, -0.2) is 50.0 Å². The monoisotopic (exact) mass is 591 g/mol. The predicted octanol–water partition coefficient (Wildman–Crippen LogP) is 6.68. The molecule has 0 unspecified atom stereocenters. The van der Waals surface area contributed by atoms with Gasteiger partial charge in [-0.3, -0.25) is 19.1 Å². The van der Waals surface area contributed by atoms with Gasteiger partial charge in [-0.2, -0.15) is 18.3 Å². The Bertz CT molecular complexity index is 1270. The Morgan fingerprint density at radius 2 is 1.69 bits per heavy atom. The van der Waals surface area contributed by atoms with Crippen LogP contribution in [0.1, 0.15) is 84.8 Å². The molecule has 39 heavy (non-hydrogen) atoms. The average Bonchev–Trinajstić information content (AvgIpc) is 3.20. The van der Waals surface area contributed by atoms with Crippen molar-refractivity contribution >= 4 is 40.9 Å². The van der Waals surface area contributed by atoms with Crippen molar-refractivity contribution in [3.63, 3.8) is 0 Å².